The number of aryl methyl sites for hydroxylation is 1. The number of hydrogen-bond acceptors (Lipinski definition) is 5. The van der Waals surface area contributed by atoms with E-state index in [1.165, 1.54) is 6.08 Å². The summed E-state index contributed by atoms with van der Waals surface area (Å²) in [6.45, 7) is 7.33. The number of aromatic amines is 1. The summed E-state index contributed by atoms with van der Waals surface area (Å²) < 4.78 is 4.82. The molecule has 0 radical (unpaired) electrons. The van der Waals surface area contributed by atoms with Crippen LogP contribution in [-0.2, 0) is 16.0 Å². The van der Waals surface area contributed by atoms with E-state index in [9.17, 15) is 9.59 Å². The number of thioether (sulfide) groups is 1. The number of nitrogens with one attached hydrogen (secondary N) is 1. The van der Waals surface area contributed by atoms with Crippen molar-refractivity contribution in [2.75, 3.05) is 12.4 Å². The van der Waals surface area contributed by atoms with Gasteiger partial charge in [-0.15, -0.1) is 0 Å². The monoisotopic (exact) mass is 268 g/mol. The van der Waals surface area contributed by atoms with E-state index >= 15 is 0 Å². The molecular formula is C12H16N2O3S. The zero-order valence-electron chi connectivity index (χ0n) is 10.5. The van der Waals surface area contributed by atoms with Crippen molar-refractivity contribution < 1.29 is 9.53 Å². The van der Waals surface area contributed by atoms with Gasteiger partial charge in [-0.3, -0.25) is 9.59 Å². The molecule has 0 aromatic carbocycles. The summed E-state index contributed by atoms with van der Waals surface area (Å²) in [5, 5.41) is 0.435. The summed E-state index contributed by atoms with van der Waals surface area (Å²) >= 11 is 1.15. The molecule has 6 heteroatoms. The molecule has 1 rings (SSSR count). The van der Waals surface area contributed by atoms with Gasteiger partial charge in [0.15, 0.2) is 5.16 Å². The van der Waals surface area contributed by atoms with Crippen LogP contribution in [0.4, 0.5) is 0 Å². The van der Waals surface area contributed by atoms with Crippen LogP contribution < -0.4 is 5.56 Å². The number of aromatic nitrogens is 2. The van der Waals surface area contributed by atoms with Gasteiger partial charge >= 0.3 is 5.97 Å². The highest BCUT2D eigenvalue weighted by atomic mass is 32.2. The number of ether oxygens (including phenoxy) is 1. The Morgan fingerprint density at radius 2 is 2.33 bits per heavy atom. The zero-order valence-corrected chi connectivity index (χ0v) is 11.3. The third-order valence-electron chi connectivity index (χ3n) is 2.24. The molecule has 1 heterocycles. The van der Waals surface area contributed by atoms with Gasteiger partial charge in [-0.1, -0.05) is 31.3 Å². The van der Waals surface area contributed by atoms with Crippen LogP contribution in [0.1, 0.15) is 18.2 Å². The normalized spacial score (nSPS) is 10.1. The fourth-order valence-electron chi connectivity index (χ4n) is 1.39. The van der Waals surface area contributed by atoms with E-state index in [-0.39, 0.29) is 23.9 Å². The molecular weight excluding hydrogens is 252 g/mol. The molecule has 0 spiro atoms. The molecule has 0 amide bonds. The first kappa shape index (κ1) is 14.5. The molecule has 0 unspecified atom stereocenters. The summed E-state index contributed by atoms with van der Waals surface area (Å²) in [7, 11) is 0. The van der Waals surface area contributed by atoms with E-state index in [0.29, 0.717) is 22.8 Å². The first-order valence-corrected chi connectivity index (χ1v) is 6.56. The average molecular weight is 268 g/mol. The molecule has 1 aromatic rings. The third kappa shape index (κ3) is 4.03. The lowest BCUT2D eigenvalue weighted by Crippen LogP contribution is -2.17. The first-order chi connectivity index (χ1) is 8.58. The van der Waals surface area contributed by atoms with Gasteiger partial charge in [-0.05, 0) is 13.3 Å². The van der Waals surface area contributed by atoms with E-state index < -0.39 is 0 Å². The van der Waals surface area contributed by atoms with Gasteiger partial charge in [0.25, 0.3) is 5.56 Å². The predicted octanol–water partition coefficient (Wildman–Crippen LogP) is 1.46. The topological polar surface area (TPSA) is 72.0 Å². The molecule has 5 nitrogen and oxygen atoms in total. The maximum absolute atomic E-state index is 11.7. The molecule has 18 heavy (non-hydrogen) atoms. The highest BCUT2D eigenvalue weighted by Crippen LogP contribution is 2.12. The minimum Gasteiger partial charge on any atom is -0.461 e. The maximum atomic E-state index is 11.7. The largest absolute Gasteiger partial charge is 0.461 e. The SMILES string of the molecule is C=CCOC(=O)CSc1nc(C)c(CC)c(=O)[nH]1. The number of carbonyl (C=O) groups excluding carboxylic acids is 1. The van der Waals surface area contributed by atoms with Crippen LogP contribution in [0.3, 0.4) is 0 Å². The summed E-state index contributed by atoms with van der Waals surface area (Å²) in [6, 6.07) is 0. The van der Waals surface area contributed by atoms with Crippen molar-refractivity contribution in [2.45, 2.75) is 25.4 Å². The van der Waals surface area contributed by atoms with Gasteiger partial charge in [0.05, 0.1) is 5.75 Å². The van der Waals surface area contributed by atoms with Gasteiger partial charge in [-0.2, -0.15) is 0 Å². The molecule has 0 aliphatic heterocycles. The number of hydrogen-bond donors (Lipinski definition) is 1. The molecule has 0 aliphatic rings. The lowest BCUT2D eigenvalue weighted by molar-refractivity contribution is -0.139. The summed E-state index contributed by atoms with van der Waals surface area (Å²) in [6.07, 6.45) is 2.14. The lowest BCUT2D eigenvalue weighted by Gasteiger charge is -2.05. The maximum Gasteiger partial charge on any atom is 0.316 e. The second kappa shape index (κ2) is 7.00. The van der Waals surface area contributed by atoms with Crippen LogP contribution in [0.15, 0.2) is 22.6 Å². The second-order valence-corrected chi connectivity index (χ2v) is 4.51. The number of esters is 1. The van der Waals surface area contributed by atoms with Crippen LogP contribution in [-0.4, -0.2) is 28.3 Å². The molecule has 0 atom stereocenters. The quantitative estimate of drug-likeness (QED) is 0.366. The van der Waals surface area contributed by atoms with Gasteiger partial charge in [0, 0.05) is 11.3 Å². The molecule has 1 aromatic heterocycles. The standard InChI is InChI=1S/C12H16N2O3S/c1-4-6-17-10(15)7-18-12-13-8(3)9(5-2)11(16)14-12/h4H,1,5-7H2,2-3H3,(H,13,14,16). The lowest BCUT2D eigenvalue weighted by atomic mass is 10.2. The summed E-state index contributed by atoms with van der Waals surface area (Å²) in [5.74, 6) is -0.249. The predicted molar refractivity (Wildman–Crippen MR) is 70.9 cm³/mol. The van der Waals surface area contributed by atoms with Crippen molar-refractivity contribution in [3.8, 4) is 0 Å². The van der Waals surface area contributed by atoms with Crippen LogP contribution in [0, 0.1) is 6.92 Å². The summed E-state index contributed by atoms with van der Waals surface area (Å²) in [5.41, 5.74) is 1.23. The zero-order chi connectivity index (χ0) is 13.5. The highest BCUT2D eigenvalue weighted by molar-refractivity contribution is 7.99. The third-order valence-corrected chi connectivity index (χ3v) is 3.09. The van der Waals surface area contributed by atoms with Crippen molar-refractivity contribution in [1.82, 2.24) is 9.97 Å². The van der Waals surface area contributed by atoms with Crippen molar-refractivity contribution in [3.63, 3.8) is 0 Å². The number of nitrogens with zero attached hydrogens (tertiary/aromatic N) is 1. The molecule has 1 N–H and O–H groups in total. The smallest absolute Gasteiger partial charge is 0.316 e. The van der Waals surface area contributed by atoms with Gasteiger partial charge in [-0.25, -0.2) is 4.98 Å². The minimum absolute atomic E-state index is 0.113. The van der Waals surface area contributed by atoms with Gasteiger partial charge < -0.3 is 9.72 Å². The Labute approximate surface area is 110 Å². The number of carbonyl (C=O) groups is 1. The van der Waals surface area contributed by atoms with Crippen molar-refractivity contribution >= 4 is 17.7 Å². The second-order valence-electron chi connectivity index (χ2n) is 3.55. The number of H-pyrrole nitrogens is 1. The Balaban J connectivity index is 2.66. The van der Waals surface area contributed by atoms with Crippen LogP contribution in [0.5, 0.6) is 0 Å². The first-order valence-electron chi connectivity index (χ1n) is 5.57. The fourth-order valence-corrected chi connectivity index (χ4v) is 2.09. The molecule has 0 bridgehead atoms. The molecule has 98 valence electrons. The van der Waals surface area contributed by atoms with Gasteiger partial charge in [0.2, 0.25) is 0 Å². The Morgan fingerprint density at radius 1 is 1.61 bits per heavy atom. The molecule has 0 saturated heterocycles. The number of rotatable bonds is 6. The van der Waals surface area contributed by atoms with E-state index in [4.69, 9.17) is 4.74 Å². The van der Waals surface area contributed by atoms with Crippen LogP contribution in [0.25, 0.3) is 0 Å². The minimum atomic E-state index is -0.361. The van der Waals surface area contributed by atoms with Crippen molar-refractivity contribution in [3.05, 3.63) is 34.3 Å². The molecule has 0 aliphatic carbocycles. The molecule has 0 fully saturated rings. The Kier molecular flexibility index (Phi) is 5.64. The van der Waals surface area contributed by atoms with E-state index in [2.05, 4.69) is 16.5 Å². The van der Waals surface area contributed by atoms with E-state index in [1.54, 1.807) is 6.92 Å². The van der Waals surface area contributed by atoms with Crippen molar-refractivity contribution in [1.29, 1.82) is 0 Å². The van der Waals surface area contributed by atoms with Crippen LogP contribution >= 0.6 is 11.8 Å². The molecule has 0 saturated carbocycles. The van der Waals surface area contributed by atoms with E-state index in [1.807, 2.05) is 6.92 Å². The Hall–Kier alpha value is -1.56. The average Bonchev–Trinajstić information content (AvgIpc) is 2.33. The Bertz CT molecular complexity index is 497. The Morgan fingerprint density at radius 3 is 2.89 bits per heavy atom. The van der Waals surface area contributed by atoms with Crippen LogP contribution in [0.2, 0.25) is 0 Å². The van der Waals surface area contributed by atoms with E-state index in [0.717, 1.165) is 11.8 Å². The van der Waals surface area contributed by atoms with Crippen molar-refractivity contribution in [2.24, 2.45) is 0 Å². The highest BCUT2D eigenvalue weighted by Gasteiger charge is 2.09. The fraction of sp³-hybridized carbons (Fsp3) is 0.417. The summed E-state index contributed by atoms with van der Waals surface area (Å²) in [4.78, 5) is 29.8. The van der Waals surface area contributed by atoms with Gasteiger partial charge in [0.1, 0.15) is 6.61 Å².